The van der Waals surface area contributed by atoms with Gasteiger partial charge >= 0.3 is 6.03 Å². The molecule has 1 atom stereocenters. The lowest BCUT2D eigenvalue weighted by Gasteiger charge is -2.22. The molecule has 0 heterocycles. The largest absolute Gasteiger partial charge is 0.332 e. The van der Waals surface area contributed by atoms with Gasteiger partial charge in [0.2, 0.25) is 0 Å². The molecule has 8 heteroatoms. The molecule has 3 rings (SSSR count). The summed E-state index contributed by atoms with van der Waals surface area (Å²) in [5.41, 5.74) is 1.63. The Bertz CT molecular complexity index is 1060. The van der Waals surface area contributed by atoms with Crippen molar-refractivity contribution in [2.24, 2.45) is 0 Å². The number of halogens is 2. The third-order valence-corrected chi connectivity index (χ3v) is 5.07. The number of carbonyl (C=O) groups excluding carboxylic acids is 2. The third kappa shape index (κ3) is 5.61. The van der Waals surface area contributed by atoms with Crippen LogP contribution >= 0.6 is 12.8 Å². The first-order valence-corrected chi connectivity index (χ1v) is 10.00. The lowest BCUT2D eigenvalue weighted by atomic mass is 10.0. The van der Waals surface area contributed by atoms with E-state index in [1.165, 1.54) is 30.3 Å². The highest BCUT2D eigenvalue weighted by Crippen LogP contribution is 2.23. The molecule has 0 bridgehead atoms. The Kier molecular flexibility index (Phi) is 7.25. The first-order valence-electron chi connectivity index (χ1n) is 9.60. The maximum absolute atomic E-state index is 13.7. The van der Waals surface area contributed by atoms with E-state index in [4.69, 9.17) is 0 Å². The normalized spacial score (nSPS) is 11.5. The van der Waals surface area contributed by atoms with Gasteiger partial charge in [0, 0.05) is 5.69 Å². The summed E-state index contributed by atoms with van der Waals surface area (Å²) in [4.78, 5) is 24.8. The van der Waals surface area contributed by atoms with E-state index in [1.54, 1.807) is 42.5 Å². The van der Waals surface area contributed by atoms with Gasteiger partial charge in [-0.2, -0.15) is 0 Å². The molecule has 2 N–H and O–H groups in total. The molecule has 0 fully saturated rings. The summed E-state index contributed by atoms with van der Waals surface area (Å²) in [5.74, 6) is -1.53. The number of nitrogens with one attached hydrogen (secondary N) is 2. The van der Waals surface area contributed by atoms with Crippen LogP contribution in [0, 0.1) is 11.6 Å². The average molecular weight is 442 g/mol. The molecule has 0 aliphatic heterocycles. The number of amides is 3. The fraction of sp³-hybridized carbons (Fsp3) is 0.130. The summed E-state index contributed by atoms with van der Waals surface area (Å²) in [5, 5.41) is 5.46. The van der Waals surface area contributed by atoms with Crippen molar-refractivity contribution in [1.82, 2.24) is 5.32 Å². The Morgan fingerprint density at radius 2 is 1.61 bits per heavy atom. The number of benzene rings is 3. The van der Waals surface area contributed by atoms with Crippen LogP contribution in [0.1, 0.15) is 35.3 Å². The minimum atomic E-state index is -0.610. The number of thiol groups is 1. The molecule has 31 heavy (non-hydrogen) atoms. The maximum atomic E-state index is 13.7. The van der Waals surface area contributed by atoms with E-state index in [-0.39, 0.29) is 17.4 Å². The van der Waals surface area contributed by atoms with Crippen LogP contribution < -0.4 is 14.9 Å². The zero-order chi connectivity index (χ0) is 22.4. The lowest BCUT2D eigenvalue weighted by Crippen LogP contribution is -2.36. The highest BCUT2D eigenvalue weighted by Gasteiger charge is 2.18. The fourth-order valence-corrected chi connectivity index (χ4v) is 3.16. The molecular formula is C23H21F2N3O2S. The van der Waals surface area contributed by atoms with Crippen molar-refractivity contribution >= 4 is 36.1 Å². The second-order valence-electron chi connectivity index (χ2n) is 6.75. The second-order valence-corrected chi connectivity index (χ2v) is 7.15. The van der Waals surface area contributed by atoms with Gasteiger partial charge in [-0.25, -0.2) is 17.9 Å². The van der Waals surface area contributed by atoms with Crippen molar-refractivity contribution < 1.29 is 18.4 Å². The molecule has 0 saturated carbocycles. The monoisotopic (exact) mass is 441 g/mol. The minimum Gasteiger partial charge on any atom is -0.330 e. The van der Waals surface area contributed by atoms with Gasteiger partial charge in [0.05, 0.1) is 17.3 Å². The summed E-state index contributed by atoms with van der Waals surface area (Å²) < 4.78 is 28.0. The second kappa shape index (κ2) is 10.1. The fourth-order valence-electron chi connectivity index (χ4n) is 2.97. The first-order chi connectivity index (χ1) is 14.9. The summed E-state index contributed by atoms with van der Waals surface area (Å²) in [6.45, 7) is 1.91. The average Bonchev–Trinajstić information content (AvgIpc) is 2.78. The van der Waals surface area contributed by atoms with Gasteiger partial charge in [-0.15, -0.1) is 0 Å². The molecule has 3 amide bonds. The Hall–Kier alpha value is -3.39. The van der Waals surface area contributed by atoms with Crippen LogP contribution in [0.5, 0.6) is 0 Å². The summed E-state index contributed by atoms with van der Waals surface area (Å²) >= 11 is 4.26. The van der Waals surface area contributed by atoms with Gasteiger partial charge in [-0.05, 0) is 60.5 Å². The number of anilines is 2. The number of carbonyl (C=O) groups is 2. The summed E-state index contributed by atoms with van der Waals surface area (Å²) in [6.07, 6.45) is 0.611. The van der Waals surface area contributed by atoms with E-state index >= 15 is 0 Å². The molecule has 0 radical (unpaired) electrons. The predicted octanol–water partition coefficient (Wildman–Crippen LogP) is 5.73. The number of hydrogen-bond donors (Lipinski definition) is 3. The molecule has 160 valence electrons. The van der Waals surface area contributed by atoms with Gasteiger partial charge in [-0.3, -0.25) is 4.79 Å². The van der Waals surface area contributed by atoms with E-state index < -0.39 is 17.8 Å². The lowest BCUT2D eigenvalue weighted by molar-refractivity contribution is 0.102. The van der Waals surface area contributed by atoms with Gasteiger partial charge in [0.1, 0.15) is 11.6 Å². The van der Waals surface area contributed by atoms with Crippen LogP contribution in [-0.4, -0.2) is 11.9 Å². The van der Waals surface area contributed by atoms with Crippen LogP contribution in [0.15, 0.2) is 72.8 Å². The zero-order valence-electron chi connectivity index (χ0n) is 16.7. The van der Waals surface area contributed by atoms with Gasteiger partial charge < -0.3 is 10.6 Å². The zero-order valence-corrected chi connectivity index (χ0v) is 17.6. The number of urea groups is 1. The van der Waals surface area contributed by atoms with Crippen molar-refractivity contribution in [3.05, 3.63) is 95.6 Å². The van der Waals surface area contributed by atoms with E-state index in [1.807, 2.05) is 6.92 Å². The van der Waals surface area contributed by atoms with E-state index in [0.717, 1.165) is 9.87 Å². The predicted molar refractivity (Wildman–Crippen MR) is 120 cm³/mol. The molecular weight excluding hydrogens is 420 g/mol. The highest BCUT2D eigenvalue weighted by molar-refractivity contribution is 7.82. The van der Waals surface area contributed by atoms with Gasteiger partial charge in [-0.1, -0.05) is 44.0 Å². The third-order valence-electron chi connectivity index (χ3n) is 4.66. The Balaban J connectivity index is 1.64. The molecule has 0 aromatic heterocycles. The Labute approximate surface area is 184 Å². The molecule has 0 aliphatic rings. The molecule has 3 aromatic rings. The minimum absolute atomic E-state index is 0.0619. The first kappa shape index (κ1) is 22.3. The Morgan fingerprint density at radius 1 is 0.968 bits per heavy atom. The van der Waals surface area contributed by atoms with Crippen LogP contribution in [0.25, 0.3) is 0 Å². The van der Waals surface area contributed by atoms with Crippen molar-refractivity contribution in [3.8, 4) is 0 Å². The smallest absolute Gasteiger partial charge is 0.330 e. The molecule has 0 saturated heterocycles. The number of rotatable bonds is 6. The van der Waals surface area contributed by atoms with Crippen molar-refractivity contribution in [1.29, 1.82) is 0 Å². The molecule has 0 aliphatic carbocycles. The Morgan fingerprint density at radius 3 is 2.23 bits per heavy atom. The number of nitrogens with zero attached hydrogens (tertiary/aromatic N) is 1. The van der Waals surface area contributed by atoms with Crippen molar-refractivity contribution in [2.45, 2.75) is 19.4 Å². The molecule has 1 unspecified atom stereocenters. The van der Waals surface area contributed by atoms with Crippen LogP contribution in [-0.2, 0) is 0 Å². The standard InChI is InChI=1S/C23H21F2N3O2S/c1-2-21(15-7-9-16(24)10-8-15)27-23(30)28(31)18-13-11-17(12-14-18)26-22(29)19-5-3-4-6-20(19)25/h3-14,21,31H,2H2,1H3,(H,26,29)(H,27,30). The van der Waals surface area contributed by atoms with E-state index in [9.17, 15) is 18.4 Å². The van der Waals surface area contributed by atoms with Gasteiger partial charge in [0.25, 0.3) is 5.91 Å². The number of hydrogen-bond acceptors (Lipinski definition) is 3. The van der Waals surface area contributed by atoms with E-state index in [0.29, 0.717) is 17.8 Å². The topological polar surface area (TPSA) is 61.4 Å². The quantitative estimate of drug-likeness (QED) is 0.428. The maximum Gasteiger partial charge on any atom is 0.332 e. The van der Waals surface area contributed by atoms with E-state index in [2.05, 4.69) is 23.4 Å². The highest BCUT2D eigenvalue weighted by atomic mass is 32.1. The SMILES string of the molecule is CCC(NC(=O)N(S)c1ccc(NC(=O)c2ccccc2F)cc1)c1ccc(F)cc1. The van der Waals surface area contributed by atoms with Crippen molar-refractivity contribution in [2.75, 3.05) is 9.62 Å². The summed E-state index contributed by atoms with van der Waals surface area (Å²) in [7, 11) is 0. The van der Waals surface area contributed by atoms with Crippen LogP contribution in [0.4, 0.5) is 25.0 Å². The van der Waals surface area contributed by atoms with Gasteiger partial charge in [0.15, 0.2) is 0 Å². The molecule has 3 aromatic carbocycles. The molecule has 5 nitrogen and oxygen atoms in total. The summed E-state index contributed by atoms with van der Waals surface area (Å²) in [6, 6.07) is 17.2. The van der Waals surface area contributed by atoms with Crippen LogP contribution in [0.3, 0.4) is 0 Å². The molecule has 0 spiro atoms. The van der Waals surface area contributed by atoms with Crippen molar-refractivity contribution in [3.63, 3.8) is 0 Å². The van der Waals surface area contributed by atoms with Crippen LogP contribution in [0.2, 0.25) is 0 Å².